The number of rotatable bonds is 4. The molecule has 2 amide bonds. The molecule has 0 radical (unpaired) electrons. The number of allylic oxidation sites excluding steroid dienone is 1. The van der Waals surface area contributed by atoms with E-state index in [4.69, 9.17) is 12.2 Å². The summed E-state index contributed by atoms with van der Waals surface area (Å²) in [4.78, 5) is 42.4. The maximum atomic E-state index is 12.6. The molecular weight excluding hydrogens is 432 g/mol. The summed E-state index contributed by atoms with van der Waals surface area (Å²) in [5, 5.41) is 0.413. The van der Waals surface area contributed by atoms with Gasteiger partial charge in [-0.2, -0.15) is 0 Å². The van der Waals surface area contributed by atoms with E-state index < -0.39 is 5.91 Å². The van der Waals surface area contributed by atoms with Gasteiger partial charge in [-0.25, -0.2) is 0 Å². The van der Waals surface area contributed by atoms with Crippen LogP contribution in [-0.2, 0) is 19.4 Å². The first kappa shape index (κ1) is 21.2. The van der Waals surface area contributed by atoms with Crippen molar-refractivity contribution in [2.45, 2.75) is 38.6 Å². The Balaban J connectivity index is 1.49. The van der Waals surface area contributed by atoms with Crippen LogP contribution >= 0.6 is 23.6 Å². The van der Waals surface area contributed by atoms with Crippen LogP contribution in [0, 0.1) is 4.77 Å². The molecule has 7 nitrogen and oxygen atoms in total. The maximum absolute atomic E-state index is 12.6. The summed E-state index contributed by atoms with van der Waals surface area (Å²) in [5.41, 5.74) is 6.67. The summed E-state index contributed by atoms with van der Waals surface area (Å²) in [7, 11) is 0. The van der Waals surface area contributed by atoms with Crippen LogP contribution < -0.4 is 16.4 Å². The topological polar surface area (TPSA) is 96.0 Å². The number of carbonyl (C=O) groups is 2. The molecule has 2 aromatic heterocycles. The average Bonchev–Trinajstić information content (AvgIpc) is 3.04. The number of hydrazine groups is 1. The average molecular weight is 455 g/mol. The smallest absolute Gasteiger partial charge is 0.279 e. The van der Waals surface area contributed by atoms with E-state index in [9.17, 15) is 14.4 Å². The zero-order chi connectivity index (χ0) is 22.0. The standard InChI is InChI=1S/C22H22N4O3S2/c1-2-10-26-21(29)15-9-8-14(11-16(15)23-22(26)30)19(27)24-25-20(28)18-12-13-6-4-3-5-7-17(13)31-18/h2,8-9,11-12H,1,3-7,10H2,(H,23,30)(H,24,27)(H,25,28). The second-order valence-corrected chi connectivity index (χ2v) is 8.95. The molecule has 0 saturated carbocycles. The quantitative estimate of drug-likeness (QED) is 0.243. The van der Waals surface area contributed by atoms with Gasteiger partial charge in [-0.3, -0.25) is 29.8 Å². The summed E-state index contributed by atoms with van der Waals surface area (Å²) in [5.74, 6) is -0.818. The van der Waals surface area contributed by atoms with Gasteiger partial charge in [-0.05, 0) is 67.7 Å². The number of nitrogens with zero attached hydrogens (tertiary/aromatic N) is 1. The van der Waals surface area contributed by atoms with Crippen molar-refractivity contribution in [3.63, 3.8) is 0 Å². The van der Waals surface area contributed by atoms with E-state index in [0.29, 0.717) is 27.9 Å². The third kappa shape index (κ3) is 4.38. The molecule has 1 aliphatic rings. The number of aromatic nitrogens is 2. The summed E-state index contributed by atoms with van der Waals surface area (Å²) in [6, 6.07) is 6.57. The van der Waals surface area contributed by atoms with Gasteiger partial charge in [-0.1, -0.05) is 12.5 Å². The number of fused-ring (bicyclic) bond motifs is 2. The second-order valence-electron chi connectivity index (χ2n) is 7.42. The van der Waals surface area contributed by atoms with Gasteiger partial charge in [0.1, 0.15) is 0 Å². The van der Waals surface area contributed by atoms with E-state index in [1.165, 1.54) is 38.8 Å². The molecule has 0 atom stereocenters. The molecule has 3 aromatic rings. The van der Waals surface area contributed by atoms with Gasteiger partial charge < -0.3 is 4.98 Å². The third-order valence-corrected chi connectivity index (χ3v) is 6.87. The number of amides is 2. The lowest BCUT2D eigenvalue weighted by atomic mass is 10.1. The van der Waals surface area contributed by atoms with Crippen LogP contribution in [0.15, 0.2) is 41.7 Å². The molecule has 1 aromatic carbocycles. The highest BCUT2D eigenvalue weighted by Gasteiger charge is 2.17. The normalized spacial score (nSPS) is 13.3. The van der Waals surface area contributed by atoms with Crippen LogP contribution in [0.3, 0.4) is 0 Å². The number of nitrogens with one attached hydrogen (secondary N) is 3. The van der Waals surface area contributed by atoms with Gasteiger partial charge in [0, 0.05) is 17.0 Å². The molecule has 0 saturated heterocycles. The Morgan fingerprint density at radius 3 is 2.74 bits per heavy atom. The molecule has 1 aliphatic carbocycles. The number of benzene rings is 1. The zero-order valence-electron chi connectivity index (χ0n) is 16.8. The van der Waals surface area contributed by atoms with Crippen molar-refractivity contribution in [2.75, 3.05) is 0 Å². The van der Waals surface area contributed by atoms with E-state index in [1.54, 1.807) is 18.2 Å². The number of carbonyl (C=O) groups excluding carboxylic acids is 2. The van der Waals surface area contributed by atoms with Crippen molar-refractivity contribution in [3.8, 4) is 0 Å². The number of aryl methyl sites for hydroxylation is 2. The van der Waals surface area contributed by atoms with Crippen LogP contribution in [0.25, 0.3) is 10.9 Å². The van der Waals surface area contributed by atoms with E-state index >= 15 is 0 Å². The molecule has 0 fully saturated rings. The SMILES string of the molecule is C=CCn1c(=S)[nH]c2cc(C(=O)NNC(=O)c3cc4c(s3)CCCCC4)ccc2c1=O. The Labute approximate surface area is 187 Å². The Bertz CT molecular complexity index is 1280. The predicted octanol–water partition coefficient (Wildman–Crippen LogP) is 3.65. The van der Waals surface area contributed by atoms with E-state index in [0.717, 1.165) is 25.7 Å². The third-order valence-electron chi connectivity index (χ3n) is 5.32. The molecule has 3 N–H and O–H groups in total. The fraction of sp³-hybridized carbons (Fsp3) is 0.273. The summed E-state index contributed by atoms with van der Waals surface area (Å²) in [6.07, 6.45) is 7.11. The first-order chi connectivity index (χ1) is 15.0. The molecule has 31 heavy (non-hydrogen) atoms. The number of hydrogen-bond donors (Lipinski definition) is 3. The van der Waals surface area contributed by atoms with Crippen molar-refractivity contribution in [3.05, 3.63) is 72.9 Å². The largest absolute Gasteiger partial charge is 0.332 e. The maximum Gasteiger partial charge on any atom is 0.279 e. The Hall–Kier alpha value is -3.04. The van der Waals surface area contributed by atoms with Crippen LogP contribution in [0.4, 0.5) is 0 Å². The van der Waals surface area contributed by atoms with Crippen molar-refractivity contribution in [1.82, 2.24) is 20.4 Å². The molecule has 160 valence electrons. The highest BCUT2D eigenvalue weighted by atomic mass is 32.1. The Morgan fingerprint density at radius 2 is 1.94 bits per heavy atom. The van der Waals surface area contributed by atoms with Crippen molar-refractivity contribution in [1.29, 1.82) is 0 Å². The van der Waals surface area contributed by atoms with E-state index in [-0.39, 0.29) is 16.2 Å². The zero-order valence-corrected chi connectivity index (χ0v) is 18.5. The molecule has 0 bridgehead atoms. The summed E-state index contributed by atoms with van der Waals surface area (Å²) >= 11 is 6.72. The van der Waals surface area contributed by atoms with E-state index in [1.807, 2.05) is 6.07 Å². The van der Waals surface area contributed by atoms with Crippen molar-refractivity contribution < 1.29 is 9.59 Å². The fourth-order valence-corrected chi connectivity index (χ4v) is 5.13. The fourth-order valence-electron chi connectivity index (χ4n) is 3.72. The van der Waals surface area contributed by atoms with Crippen molar-refractivity contribution >= 4 is 46.3 Å². The van der Waals surface area contributed by atoms with Crippen molar-refractivity contribution in [2.24, 2.45) is 0 Å². The van der Waals surface area contributed by atoms with E-state index in [2.05, 4.69) is 22.4 Å². The van der Waals surface area contributed by atoms with Gasteiger partial charge in [-0.15, -0.1) is 17.9 Å². The molecule has 2 heterocycles. The monoisotopic (exact) mass is 454 g/mol. The highest BCUT2D eigenvalue weighted by Crippen LogP contribution is 2.28. The number of thiophene rings is 1. The first-order valence-electron chi connectivity index (χ1n) is 10.1. The van der Waals surface area contributed by atoms with Crippen LogP contribution in [0.2, 0.25) is 0 Å². The number of H-pyrrole nitrogens is 1. The summed E-state index contributed by atoms with van der Waals surface area (Å²) < 4.78 is 1.65. The van der Waals surface area contributed by atoms with Crippen LogP contribution in [-0.4, -0.2) is 21.4 Å². The minimum Gasteiger partial charge on any atom is -0.332 e. The van der Waals surface area contributed by atoms with Gasteiger partial charge in [0.05, 0.1) is 15.8 Å². The van der Waals surface area contributed by atoms with Gasteiger partial charge in [0.25, 0.3) is 17.4 Å². The van der Waals surface area contributed by atoms with Gasteiger partial charge >= 0.3 is 0 Å². The molecule has 0 aliphatic heterocycles. The van der Waals surface area contributed by atoms with Crippen LogP contribution in [0.5, 0.6) is 0 Å². The van der Waals surface area contributed by atoms with Crippen LogP contribution in [0.1, 0.15) is 49.7 Å². The predicted molar refractivity (Wildman–Crippen MR) is 124 cm³/mol. The minimum atomic E-state index is -0.483. The highest BCUT2D eigenvalue weighted by molar-refractivity contribution is 7.71. The molecular formula is C22H22N4O3S2. The lowest BCUT2D eigenvalue weighted by molar-refractivity contribution is 0.0849. The summed E-state index contributed by atoms with van der Waals surface area (Å²) in [6.45, 7) is 3.92. The lowest BCUT2D eigenvalue weighted by Crippen LogP contribution is -2.41. The number of hydrogen-bond acceptors (Lipinski definition) is 5. The number of aromatic amines is 1. The van der Waals surface area contributed by atoms with Gasteiger partial charge in [0.15, 0.2) is 4.77 Å². The Kier molecular flexibility index (Phi) is 6.15. The van der Waals surface area contributed by atoms with Gasteiger partial charge in [0.2, 0.25) is 0 Å². The molecule has 9 heteroatoms. The second kappa shape index (κ2) is 8.99. The molecule has 0 unspecified atom stereocenters. The molecule has 4 rings (SSSR count). The Morgan fingerprint density at radius 1 is 1.16 bits per heavy atom. The minimum absolute atomic E-state index is 0.251. The lowest BCUT2D eigenvalue weighted by Gasteiger charge is -2.09. The first-order valence-corrected chi connectivity index (χ1v) is 11.3. The molecule has 0 spiro atoms.